The third-order valence-electron chi connectivity index (χ3n) is 4.95. The van der Waals surface area contributed by atoms with E-state index < -0.39 is 0 Å². The number of rotatable bonds is 1. The highest BCUT2D eigenvalue weighted by molar-refractivity contribution is 5.88. The number of fused-ring (bicyclic) bond motifs is 3. The number of carbonyl (C=O) groups excluding carboxylic acids is 1. The molecule has 96 valence electrons. The van der Waals surface area contributed by atoms with Gasteiger partial charge in [0.2, 0.25) is 0 Å². The van der Waals surface area contributed by atoms with Crippen LogP contribution in [0.3, 0.4) is 0 Å². The van der Waals surface area contributed by atoms with Gasteiger partial charge >= 0.3 is 5.97 Å². The summed E-state index contributed by atoms with van der Waals surface area (Å²) in [5.74, 6) is -0.184. The van der Waals surface area contributed by atoms with E-state index in [4.69, 9.17) is 9.47 Å². The lowest BCUT2D eigenvalue weighted by Crippen LogP contribution is -2.51. The summed E-state index contributed by atoms with van der Waals surface area (Å²) in [7, 11) is 1.77. The summed E-state index contributed by atoms with van der Waals surface area (Å²) < 4.78 is 11.2. The predicted octanol–water partition coefficient (Wildman–Crippen LogP) is 1.03. The smallest absolute Gasteiger partial charge is 0.332 e. The molecule has 2 fully saturated rings. The maximum Gasteiger partial charge on any atom is 0.332 e. The lowest BCUT2D eigenvalue weighted by molar-refractivity contribution is -0.149. The molecule has 2 saturated heterocycles. The Bertz CT molecular complexity index is 470. The zero-order valence-corrected chi connectivity index (χ0v) is 10.5. The molecule has 4 heteroatoms. The van der Waals surface area contributed by atoms with Gasteiger partial charge in [-0.2, -0.15) is 0 Å². The second-order valence-corrected chi connectivity index (χ2v) is 5.68. The fourth-order valence-electron chi connectivity index (χ4n) is 4.10. The van der Waals surface area contributed by atoms with Gasteiger partial charge in [0, 0.05) is 37.8 Å². The number of methoxy groups -OCH3 is 1. The number of carbonyl (C=O) groups is 1. The van der Waals surface area contributed by atoms with E-state index in [1.54, 1.807) is 13.2 Å². The van der Waals surface area contributed by atoms with Crippen LogP contribution in [0.2, 0.25) is 0 Å². The zero-order valence-electron chi connectivity index (χ0n) is 10.5. The van der Waals surface area contributed by atoms with Crippen LogP contribution in [0.15, 0.2) is 23.8 Å². The molecule has 3 heterocycles. The second-order valence-electron chi connectivity index (χ2n) is 5.68. The van der Waals surface area contributed by atoms with Gasteiger partial charge in [-0.25, -0.2) is 4.79 Å². The monoisotopic (exact) mass is 247 g/mol. The molecule has 0 saturated carbocycles. The molecule has 4 rings (SSSR count). The van der Waals surface area contributed by atoms with Gasteiger partial charge in [0.1, 0.15) is 0 Å². The molecule has 4 nitrogen and oxygen atoms in total. The first kappa shape index (κ1) is 10.8. The maximum absolute atomic E-state index is 11.6. The molecule has 0 amide bonds. The molecule has 1 aliphatic carbocycles. The van der Waals surface area contributed by atoms with Gasteiger partial charge in [-0.15, -0.1) is 0 Å². The van der Waals surface area contributed by atoms with Crippen molar-refractivity contribution in [3.05, 3.63) is 23.8 Å². The number of nitrogens with zero attached hydrogens (tertiary/aromatic N) is 1. The minimum atomic E-state index is -0.381. The maximum atomic E-state index is 11.6. The first-order chi connectivity index (χ1) is 8.73. The third-order valence-corrected chi connectivity index (χ3v) is 4.95. The summed E-state index contributed by atoms with van der Waals surface area (Å²) in [5, 5.41) is 0. The van der Waals surface area contributed by atoms with Crippen LogP contribution >= 0.6 is 0 Å². The summed E-state index contributed by atoms with van der Waals surface area (Å²) in [6, 6.07) is 0.713. The Kier molecular flexibility index (Phi) is 2.07. The summed E-state index contributed by atoms with van der Waals surface area (Å²) >= 11 is 0. The van der Waals surface area contributed by atoms with Gasteiger partial charge in [-0.1, -0.05) is 12.2 Å². The van der Waals surface area contributed by atoms with Crippen LogP contribution in [0.1, 0.15) is 19.3 Å². The first-order valence-corrected chi connectivity index (χ1v) is 6.65. The van der Waals surface area contributed by atoms with E-state index in [1.807, 2.05) is 0 Å². The zero-order chi connectivity index (χ0) is 12.3. The summed E-state index contributed by atoms with van der Waals surface area (Å²) in [6.45, 7) is 1.03. The van der Waals surface area contributed by atoms with E-state index >= 15 is 0 Å². The summed E-state index contributed by atoms with van der Waals surface area (Å²) in [5.41, 5.74) is 0.682. The van der Waals surface area contributed by atoms with Crippen molar-refractivity contribution in [1.29, 1.82) is 0 Å². The molecule has 0 N–H and O–H groups in total. The molecule has 0 aromatic carbocycles. The van der Waals surface area contributed by atoms with Crippen molar-refractivity contribution in [2.75, 3.05) is 13.7 Å². The van der Waals surface area contributed by atoms with Crippen molar-refractivity contribution >= 4 is 5.97 Å². The summed E-state index contributed by atoms with van der Waals surface area (Å²) in [4.78, 5) is 14.1. The minimum Gasteiger partial charge on any atom is -0.449 e. The Balaban J connectivity index is 1.75. The van der Waals surface area contributed by atoms with E-state index in [-0.39, 0.29) is 17.6 Å². The van der Waals surface area contributed by atoms with E-state index in [2.05, 4.69) is 17.1 Å². The predicted molar refractivity (Wildman–Crippen MR) is 65.0 cm³/mol. The molecular formula is C14H17NO3. The second kappa shape index (κ2) is 3.45. The lowest BCUT2D eigenvalue weighted by atomic mass is 9.80. The van der Waals surface area contributed by atoms with Gasteiger partial charge in [-0.05, 0) is 12.8 Å². The van der Waals surface area contributed by atoms with Crippen LogP contribution in [0.25, 0.3) is 0 Å². The van der Waals surface area contributed by atoms with E-state index in [0.29, 0.717) is 12.1 Å². The van der Waals surface area contributed by atoms with Crippen LogP contribution in [0.4, 0.5) is 0 Å². The Morgan fingerprint density at radius 3 is 3.28 bits per heavy atom. The molecular weight excluding hydrogens is 230 g/mol. The molecule has 0 radical (unpaired) electrons. The van der Waals surface area contributed by atoms with Crippen molar-refractivity contribution in [3.63, 3.8) is 0 Å². The van der Waals surface area contributed by atoms with Crippen molar-refractivity contribution in [1.82, 2.24) is 4.90 Å². The molecule has 4 atom stereocenters. The Labute approximate surface area is 106 Å². The molecule has 0 unspecified atom stereocenters. The number of hydrogen-bond donors (Lipinski definition) is 0. The Morgan fingerprint density at radius 2 is 2.44 bits per heavy atom. The highest BCUT2D eigenvalue weighted by Crippen LogP contribution is 2.51. The van der Waals surface area contributed by atoms with Gasteiger partial charge in [0.05, 0.1) is 12.1 Å². The minimum absolute atomic E-state index is 0.184. The van der Waals surface area contributed by atoms with Crippen molar-refractivity contribution < 1.29 is 14.3 Å². The van der Waals surface area contributed by atoms with E-state index in [9.17, 15) is 4.79 Å². The molecule has 3 aliphatic heterocycles. The van der Waals surface area contributed by atoms with Crippen LogP contribution < -0.4 is 0 Å². The van der Waals surface area contributed by atoms with Crippen molar-refractivity contribution in [2.45, 2.75) is 43.1 Å². The van der Waals surface area contributed by atoms with Crippen LogP contribution in [0, 0.1) is 0 Å². The number of hydrogen-bond acceptors (Lipinski definition) is 4. The van der Waals surface area contributed by atoms with Crippen molar-refractivity contribution in [2.24, 2.45) is 0 Å². The molecule has 2 bridgehead atoms. The average Bonchev–Trinajstić information content (AvgIpc) is 2.85. The highest BCUT2D eigenvalue weighted by Gasteiger charge is 2.60. The quantitative estimate of drug-likeness (QED) is 0.649. The van der Waals surface area contributed by atoms with Crippen LogP contribution in [-0.2, 0) is 14.3 Å². The standard InChI is InChI=1S/C14H17NO3/c1-17-11-4-5-15-10-3-2-9-6-13(16)18-14(9,8-10)12(15)7-11/h2-3,6,10-12H,4-5,7-8H2,1H3/t10-,11+,12+,14-/m0/s1. The Morgan fingerprint density at radius 1 is 1.56 bits per heavy atom. The largest absolute Gasteiger partial charge is 0.449 e. The normalized spacial score (nSPS) is 45.5. The fourth-order valence-corrected chi connectivity index (χ4v) is 4.10. The Hall–Kier alpha value is -1.13. The molecule has 0 aromatic rings. The third kappa shape index (κ3) is 1.20. The van der Waals surface area contributed by atoms with Crippen LogP contribution in [0.5, 0.6) is 0 Å². The lowest BCUT2D eigenvalue weighted by Gasteiger charge is -2.40. The topological polar surface area (TPSA) is 38.8 Å². The first-order valence-electron chi connectivity index (χ1n) is 6.65. The number of ether oxygens (including phenoxy) is 2. The van der Waals surface area contributed by atoms with Crippen molar-refractivity contribution in [3.8, 4) is 0 Å². The van der Waals surface area contributed by atoms with Gasteiger partial charge < -0.3 is 9.47 Å². The molecule has 18 heavy (non-hydrogen) atoms. The SMILES string of the molecule is CO[C@@H]1CCN2[C@H]3C=CC4=CC(=O)O[C@]4(C3)[C@H]2C1. The van der Waals surface area contributed by atoms with Gasteiger partial charge in [0.25, 0.3) is 0 Å². The number of esters is 1. The van der Waals surface area contributed by atoms with E-state index in [0.717, 1.165) is 31.4 Å². The fraction of sp³-hybridized carbons (Fsp3) is 0.643. The number of piperidine rings is 1. The van der Waals surface area contributed by atoms with E-state index in [1.165, 1.54) is 0 Å². The van der Waals surface area contributed by atoms with Crippen LogP contribution in [-0.4, -0.2) is 48.3 Å². The highest BCUT2D eigenvalue weighted by atomic mass is 16.6. The van der Waals surface area contributed by atoms with Gasteiger partial charge in [0.15, 0.2) is 5.60 Å². The summed E-state index contributed by atoms with van der Waals surface area (Å²) in [6.07, 6.45) is 9.20. The van der Waals surface area contributed by atoms with Gasteiger partial charge in [-0.3, -0.25) is 4.90 Å². The molecule has 4 aliphatic rings. The molecule has 1 spiro atoms. The average molecular weight is 247 g/mol. The molecule has 0 aromatic heterocycles.